The third kappa shape index (κ3) is 1.94. The highest BCUT2D eigenvalue weighted by molar-refractivity contribution is 5.08. The molecular weight excluding hydrogens is 176 g/mol. The van der Waals surface area contributed by atoms with E-state index in [0.29, 0.717) is 0 Å². The van der Waals surface area contributed by atoms with E-state index in [2.05, 4.69) is 17.2 Å². The lowest BCUT2D eigenvalue weighted by molar-refractivity contribution is 0.0447. The van der Waals surface area contributed by atoms with Gasteiger partial charge in [0, 0.05) is 18.3 Å². The lowest BCUT2D eigenvalue weighted by Gasteiger charge is -2.35. The molecular formula is C11H16N2O. The van der Waals surface area contributed by atoms with Crippen molar-refractivity contribution >= 4 is 0 Å². The number of aromatic nitrogens is 1. The second-order valence-electron chi connectivity index (χ2n) is 3.89. The molecule has 0 radical (unpaired) electrons. The standard InChI is InChI=1S/C11H16N2O/c1-8(9-4-2-3-7-12-9)13-10-5-6-11(10)14/h2-4,7-8,10-11,13-14H,5-6H2,1H3/t8-,10-,11+/m0/s1. The lowest BCUT2D eigenvalue weighted by atomic mass is 9.88. The van der Waals surface area contributed by atoms with Crippen molar-refractivity contribution in [1.82, 2.24) is 10.3 Å². The molecule has 0 amide bonds. The van der Waals surface area contributed by atoms with Gasteiger partial charge in [-0.25, -0.2) is 0 Å². The van der Waals surface area contributed by atoms with E-state index in [4.69, 9.17) is 0 Å². The zero-order valence-corrected chi connectivity index (χ0v) is 8.35. The maximum atomic E-state index is 9.42. The molecule has 14 heavy (non-hydrogen) atoms. The fourth-order valence-electron chi connectivity index (χ4n) is 1.72. The van der Waals surface area contributed by atoms with Gasteiger partial charge in [-0.15, -0.1) is 0 Å². The van der Waals surface area contributed by atoms with Crippen molar-refractivity contribution in [2.45, 2.75) is 38.0 Å². The Morgan fingerprint density at radius 2 is 2.36 bits per heavy atom. The van der Waals surface area contributed by atoms with Crippen LogP contribution in [0.4, 0.5) is 0 Å². The van der Waals surface area contributed by atoms with Crippen LogP contribution in [0.3, 0.4) is 0 Å². The number of aliphatic hydroxyl groups is 1. The molecule has 2 rings (SSSR count). The highest BCUT2D eigenvalue weighted by atomic mass is 16.3. The van der Waals surface area contributed by atoms with Gasteiger partial charge in [-0.1, -0.05) is 6.07 Å². The van der Waals surface area contributed by atoms with Crippen molar-refractivity contribution < 1.29 is 5.11 Å². The van der Waals surface area contributed by atoms with E-state index in [1.807, 2.05) is 18.2 Å². The minimum atomic E-state index is -0.166. The van der Waals surface area contributed by atoms with Crippen LogP contribution < -0.4 is 5.32 Å². The van der Waals surface area contributed by atoms with Gasteiger partial charge in [0.1, 0.15) is 0 Å². The first kappa shape index (κ1) is 9.62. The summed E-state index contributed by atoms with van der Waals surface area (Å²) in [5.74, 6) is 0. The molecule has 76 valence electrons. The number of nitrogens with one attached hydrogen (secondary N) is 1. The van der Waals surface area contributed by atoms with Crippen LogP contribution in [0.1, 0.15) is 31.5 Å². The molecule has 0 spiro atoms. The summed E-state index contributed by atoms with van der Waals surface area (Å²) in [6.45, 7) is 2.08. The van der Waals surface area contributed by atoms with Crippen LogP contribution in [0, 0.1) is 0 Å². The molecule has 1 fully saturated rings. The van der Waals surface area contributed by atoms with Crippen molar-refractivity contribution in [1.29, 1.82) is 0 Å². The predicted molar refractivity (Wildman–Crippen MR) is 54.8 cm³/mol. The maximum Gasteiger partial charge on any atom is 0.0694 e. The normalized spacial score (nSPS) is 28.1. The number of hydrogen-bond donors (Lipinski definition) is 2. The van der Waals surface area contributed by atoms with Crippen molar-refractivity contribution in [2.75, 3.05) is 0 Å². The predicted octanol–water partition coefficient (Wildman–Crippen LogP) is 1.26. The maximum absolute atomic E-state index is 9.42. The van der Waals surface area contributed by atoms with E-state index in [1.165, 1.54) is 0 Å². The summed E-state index contributed by atoms with van der Waals surface area (Å²) < 4.78 is 0. The second kappa shape index (κ2) is 4.07. The van der Waals surface area contributed by atoms with Crippen LogP contribution in [0.5, 0.6) is 0 Å². The van der Waals surface area contributed by atoms with Crippen LogP contribution in [0.25, 0.3) is 0 Å². The first-order chi connectivity index (χ1) is 6.77. The Labute approximate surface area is 84.2 Å². The fourth-order valence-corrected chi connectivity index (χ4v) is 1.72. The molecule has 3 atom stereocenters. The number of nitrogens with zero attached hydrogens (tertiary/aromatic N) is 1. The van der Waals surface area contributed by atoms with Gasteiger partial charge in [-0.05, 0) is 31.9 Å². The van der Waals surface area contributed by atoms with Crippen LogP contribution in [0.15, 0.2) is 24.4 Å². The Balaban J connectivity index is 1.92. The Bertz CT molecular complexity index is 289. The lowest BCUT2D eigenvalue weighted by Crippen LogP contribution is -2.48. The Morgan fingerprint density at radius 1 is 1.50 bits per heavy atom. The van der Waals surface area contributed by atoms with E-state index in [9.17, 15) is 5.11 Å². The van der Waals surface area contributed by atoms with E-state index in [0.717, 1.165) is 18.5 Å². The summed E-state index contributed by atoms with van der Waals surface area (Å²) in [7, 11) is 0. The van der Waals surface area contributed by atoms with Crippen molar-refractivity contribution in [3.8, 4) is 0 Å². The molecule has 1 aromatic rings. The first-order valence-corrected chi connectivity index (χ1v) is 5.12. The van der Waals surface area contributed by atoms with Crippen molar-refractivity contribution in [3.63, 3.8) is 0 Å². The van der Waals surface area contributed by atoms with Crippen LogP contribution >= 0.6 is 0 Å². The van der Waals surface area contributed by atoms with Crippen molar-refractivity contribution in [2.24, 2.45) is 0 Å². The summed E-state index contributed by atoms with van der Waals surface area (Å²) >= 11 is 0. The quantitative estimate of drug-likeness (QED) is 0.757. The number of hydrogen-bond acceptors (Lipinski definition) is 3. The minimum Gasteiger partial charge on any atom is -0.392 e. The monoisotopic (exact) mass is 192 g/mol. The Kier molecular flexibility index (Phi) is 2.79. The summed E-state index contributed by atoms with van der Waals surface area (Å²) in [4.78, 5) is 4.27. The smallest absolute Gasteiger partial charge is 0.0694 e. The highest BCUT2D eigenvalue weighted by Crippen LogP contribution is 2.22. The molecule has 3 heteroatoms. The molecule has 1 heterocycles. The summed E-state index contributed by atoms with van der Waals surface area (Å²) in [6.07, 6.45) is 3.62. The van der Waals surface area contributed by atoms with Crippen molar-refractivity contribution in [3.05, 3.63) is 30.1 Å². The van der Waals surface area contributed by atoms with E-state index in [1.54, 1.807) is 6.20 Å². The van der Waals surface area contributed by atoms with Crippen LogP contribution in [-0.4, -0.2) is 22.2 Å². The molecule has 2 N–H and O–H groups in total. The molecule has 0 unspecified atom stereocenters. The number of rotatable bonds is 3. The molecule has 1 aliphatic carbocycles. The second-order valence-corrected chi connectivity index (χ2v) is 3.89. The summed E-state index contributed by atoms with van der Waals surface area (Å²) in [5, 5.41) is 12.8. The van der Waals surface area contributed by atoms with Gasteiger partial charge in [0.25, 0.3) is 0 Å². The van der Waals surface area contributed by atoms with Gasteiger partial charge in [-0.2, -0.15) is 0 Å². The van der Waals surface area contributed by atoms with Gasteiger partial charge >= 0.3 is 0 Å². The molecule has 0 aromatic carbocycles. The average molecular weight is 192 g/mol. The Hall–Kier alpha value is -0.930. The highest BCUT2D eigenvalue weighted by Gasteiger charge is 2.29. The average Bonchev–Trinajstić information content (AvgIpc) is 2.24. The Morgan fingerprint density at radius 3 is 2.86 bits per heavy atom. The molecule has 3 nitrogen and oxygen atoms in total. The summed E-state index contributed by atoms with van der Waals surface area (Å²) in [5.41, 5.74) is 1.03. The third-order valence-corrected chi connectivity index (χ3v) is 2.83. The number of aliphatic hydroxyl groups excluding tert-OH is 1. The zero-order valence-electron chi connectivity index (χ0n) is 8.35. The summed E-state index contributed by atoms with van der Waals surface area (Å²) in [6, 6.07) is 6.37. The van der Waals surface area contributed by atoms with Gasteiger partial charge < -0.3 is 10.4 Å². The SMILES string of the molecule is C[C@H](N[C@H]1CC[C@H]1O)c1ccccn1. The van der Waals surface area contributed by atoms with E-state index in [-0.39, 0.29) is 18.2 Å². The molecule has 1 saturated carbocycles. The molecule has 0 aliphatic heterocycles. The van der Waals surface area contributed by atoms with Gasteiger partial charge in [-0.3, -0.25) is 4.98 Å². The number of pyridine rings is 1. The molecule has 0 bridgehead atoms. The zero-order chi connectivity index (χ0) is 9.97. The van der Waals surface area contributed by atoms with Gasteiger partial charge in [0.05, 0.1) is 11.8 Å². The van der Waals surface area contributed by atoms with E-state index >= 15 is 0 Å². The minimum absolute atomic E-state index is 0.166. The van der Waals surface area contributed by atoms with Gasteiger partial charge in [0.2, 0.25) is 0 Å². The van der Waals surface area contributed by atoms with Crippen LogP contribution in [-0.2, 0) is 0 Å². The molecule has 0 saturated heterocycles. The topological polar surface area (TPSA) is 45.1 Å². The fraction of sp³-hybridized carbons (Fsp3) is 0.545. The largest absolute Gasteiger partial charge is 0.392 e. The van der Waals surface area contributed by atoms with Gasteiger partial charge in [0.15, 0.2) is 0 Å². The van der Waals surface area contributed by atoms with Crippen LogP contribution in [0.2, 0.25) is 0 Å². The first-order valence-electron chi connectivity index (χ1n) is 5.12. The molecule has 1 aliphatic rings. The van der Waals surface area contributed by atoms with E-state index < -0.39 is 0 Å². The molecule has 1 aromatic heterocycles. The third-order valence-electron chi connectivity index (χ3n) is 2.83.